The van der Waals surface area contributed by atoms with E-state index in [9.17, 15) is 9.59 Å². The van der Waals surface area contributed by atoms with Crippen molar-refractivity contribution in [3.05, 3.63) is 59.2 Å². The van der Waals surface area contributed by atoms with Crippen LogP contribution < -0.4 is 10.6 Å². The van der Waals surface area contributed by atoms with Gasteiger partial charge in [-0.15, -0.1) is 0 Å². The van der Waals surface area contributed by atoms with Gasteiger partial charge in [0.05, 0.1) is 6.61 Å². The van der Waals surface area contributed by atoms with Crippen LogP contribution in [0.5, 0.6) is 0 Å². The lowest BCUT2D eigenvalue weighted by Crippen LogP contribution is -2.17. The molecular formula is C20H22N2O4. The third-order valence-corrected chi connectivity index (χ3v) is 4.25. The van der Waals surface area contributed by atoms with E-state index in [1.54, 1.807) is 24.3 Å². The van der Waals surface area contributed by atoms with Gasteiger partial charge >= 0.3 is 6.09 Å². The lowest BCUT2D eigenvalue weighted by Gasteiger charge is -2.10. The van der Waals surface area contributed by atoms with Crippen LogP contribution in [0.15, 0.2) is 42.5 Å². The summed E-state index contributed by atoms with van der Waals surface area (Å²) >= 11 is 0. The van der Waals surface area contributed by atoms with Crippen molar-refractivity contribution < 1.29 is 19.1 Å². The number of amides is 2. The van der Waals surface area contributed by atoms with Crippen molar-refractivity contribution in [2.45, 2.75) is 19.3 Å². The van der Waals surface area contributed by atoms with E-state index in [-0.39, 0.29) is 12.5 Å². The number of hydrogen-bond donors (Lipinski definition) is 2. The van der Waals surface area contributed by atoms with Crippen molar-refractivity contribution in [1.82, 2.24) is 0 Å². The first-order chi connectivity index (χ1) is 12.7. The van der Waals surface area contributed by atoms with Crippen molar-refractivity contribution in [2.24, 2.45) is 0 Å². The Hall–Kier alpha value is -2.86. The largest absolute Gasteiger partial charge is 0.447 e. The lowest BCUT2D eigenvalue weighted by atomic mass is 10.1. The number of hydrogen-bond acceptors (Lipinski definition) is 4. The fraction of sp³-hybridized carbons (Fsp3) is 0.300. The van der Waals surface area contributed by atoms with Crippen LogP contribution in [0.25, 0.3) is 0 Å². The Morgan fingerprint density at radius 3 is 2.54 bits per heavy atom. The smallest absolute Gasteiger partial charge is 0.411 e. The molecule has 3 rings (SSSR count). The van der Waals surface area contributed by atoms with Crippen molar-refractivity contribution in [1.29, 1.82) is 0 Å². The third-order valence-electron chi connectivity index (χ3n) is 4.25. The molecule has 0 unspecified atom stereocenters. The van der Waals surface area contributed by atoms with Gasteiger partial charge in [-0.3, -0.25) is 10.1 Å². The summed E-state index contributed by atoms with van der Waals surface area (Å²) in [5, 5.41) is 5.48. The molecule has 0 spiro atoms. The second-order valence-electron chi connectivity index (χ2n) is 6.13. The first-order valence-corrected chi connectivity index (χ1v) is 8.61. The van der Waals surface area contributed by atoms with Crippen molar-refractivity contribution >= 4 is 23.4 Å². The monoisotopic (exact) mass is 354 g/mol. The van der Waals surface area contributed by atoms with Gasteiger partial charge in [0.1, 0.15) is 6.61 Å². The molecule has 0 fully saturated rings. The van der Waals surface area contributed by atoms with E-state index < -0.39 is 6.09 Å². The number of carbonyl (C=O) groups is 2. The lowest BCUT2D eigenvalue weighted by molar-refractivity contribution is 0.102. The standard InChI is InChI=1S/C20H22N2O4/c1-25-10-11-26-20(24)22-18-7-3-6-17(13-18)21-19(23)16-9-8-14-4-2-5-15(14)12-16/h3,6-9,12-13H,2,4-5,10-11H2,1H3,(H,21,23)(H,22,24). The number of ether oxygens (including phenoxy) is 2. The fourth-order valence-electron chi connectivity index (χ4n) is 2.96. The number of benzene rings is 2. The van der Waals surface area contributed by atoms with E-state index in [2.05, 4.69) is 10.6 Å². The van der Waals surface area contributed by atoms with E-state index >= 15 is 0 Å². The normalized spacial score (nSPS) is 12.3. The van der Waals surface area contributed by atoms with Crippen molar-refractivity contribution in [2.75, 3.05) is 31.0 Å². The molecular weight excluding hydrogens is 332 g/mol. The zero-order valence-corrected chi connectivity index (χ0v) is 14.7. The summed E-state index contributed by atoms with van der Waals surface area (Å²) in [6.07, 6.45) is 2.70. The van der Waals surface area contributed by atoms with Gasteiger partial charge < -0.3 is 14.8 Å². The SMILES string of the molecule is COCCOC(=O)Nc1cccc(NC(=O)c2ccc3c(c2)CCC3)c1. The Bertz CT molecular complexity index is 804. The molecule has 6 nitrogen and oxygen atoms in total. The molecule has 0 saturated carbocycles. The number of nitrogens with one attached hydrogen (secondary N) is 2. The van der Waals surface area contributed by atoms with Crippen molar-refractivity contribution in [3.8, 4) is 0 Å². The van der Waals surface area contributed by atoms with Crippen molar-refractivity contribution in [3.63, 3.8) is 0 Å². The van der Waals surface area contributed by atoms with Crippen LogP contribution in [-0.2, 0) is 22.3 Å². The van der Waals surface area contributed by atoms with E-state index in [1.807, 2.05) is 18.2 Å². The summed E-state index contributed by atoms with van der Waals surface area (Å²) in [7, 11) is 1.54. The Labute approximate surface area is 152 Å². The van der Waals surface area contributed by atoms with Crippen LogP contribution in [0.2, 0.25) is 0 Å². The van der Waals surface area contributed by atoms with E-state index in [0.29, 0.717) is 23.5 Å². The Balaban J connectivity index is 1.61. The first kappa shape index (κ1) is 17.9. The highest BCUT2D eigenvalue weighted by Gasteiger charge is 2.14. The Morgan fingerprint density at radius 2 is 1.73 bits per heavy atom. The number of carbonyl (C=O) groups excluding carboxylic acids is 2. The number of rotatable bonds is 6. The second-order valence-corrected chi connectivity index (χ2v) is 6.13. The molecule has 2 N–H and O–H groups in total. The molecule has 26 heavy (non-hydrogen) atoms. The predicted octanol–water partition coefficient (Wildman–Crippen LogP) is 3.62. The molecule has 0 radical (unpaired) electrons. The summed E-state index contributed by atoms with van der Waals surface area (Å²) in [6.45, 7) is 0.515. The molecule has 136 valence electrons. The number of aryl methyl sites for hydroxylation is 2. The molecule has 0 heterocycles. The van der Waals surface area contributed by atoms with Crippen LogP contribution in [0.3, 0.4) is 0 Å². The molecule has 0 atom stereocenters. The van der Waals surface area contributed by atoms with Crippen LogP contribution in [-0.4, -0.2) is 32.3 Å². The van der Waals surface area contributed by atoms with Gasteiger partial charge in [0, 0.05) is 24.0 Å². The predicted molar refractivity (Wildman–Crippen MR) is 99.7 cm³/mol. The fourth-order valence-corrected chi connectivity index (χ4v) is 2.96. The number of methoxy groups -OCH3 is 1. The average molecular weight is 354 g/mol. The van der Waals surface area contributed by atoms with Crippen LogP contribution in [0.1, 0.15) is 27.9 Å². The topological polar surface area (TPSA) is 76.7 Å². The maximum atomic E-state index is 12.5. The Kier molecular flexibility index (Phi) is 5.86. The number of fused-ring (bicyclic) bond motifs is 1. The van der Waals surface area contributed by atoms with E-state index in [1.165, 1.54) is 18.2 Å². The molecule has 0 saturated heterocycles. The molecule has 0 bridgehead atoms. The summed E-state index contributed by atoms with van der Waals surface area (Å²) in [5.74, 6) is -0.167. The maximum absolute atomic E-state index is 12.5. The number of anilines is 2. The van der Waals surface area contributed by atoms with Gasteiger partial charge in [0.2, 0.25) is 0 Å². The molecule has 0 aliphatic heterocycles. The first-order valence-electron chi connectivity index (χ1n) is 8.61. The molecule has 1 aliphatic rings. The van der Waals surface area contributed by atoms with Gasteiger partial charge in [-0.05, 0) is 60.7 Å². The highest BCUT2D eigenvalue weighted by atomic mass is 16.6. The average Bonchev–Trinajstić information content (AvgIpc) is 3.10. The highest BCUT2D eigenvalue weighted by molar-refractivity contribution is 6.04. The van der Waals surface area contributed by atoms with Crippen LogP contribution >= 0.6 is 0 Å². The summed E-state index contributed by atoms with van der Waals surface area (Å²) < 4.78 is 9.78. The summed E-state index contributed by atoms with van der Waals surface area (Å²) in [5.41, 5.74) is 4.37. The van der Waals surface area contributed by atoms with Gasteiger partial charge in [-0.25, -0.2) is 4.79 Å². The second kappa shape index (κ2) is 8.49. The molecule has 6 heteroatoms. The molecule has 0 aromatic heterocycles. The quantitative estimate of drug-likeness (QED) is 0.777. The minimum atomic E-state index is -0.566. The minimum Gasteiger partial charge on any atom is -0.447 e. The molecule has 1 aliphatic carbocycles. The Morgan fingerprint density at radius 1 is 0.962 bits per heavy atom. The van der Waals surface area contributed by atoms with Crippen LogP contribution in [0.4, 0.5) is 16.2 Å². The summed E-state index contributed by atoms with van der Waals surface area (Å²) in [4.78, 5) is 24.2. The van der Waals surface area contributed by atoms with Crippen LogP contribution in [0, 0.1) is 0 Å². The van der Waals surface area contributed by atoms with Gasteiger partial charge in [0.15, 0.2) is 0 Å². The highest BCUT2D eigenvalue weighted by Crippen LogP contribution is 2.23. The van der Waals surface area contributed by atoms with Gasteiger partial charge in [-0.1, -0.05) is 12.1 Å². The summed E-state index contributed by atoms with van der Waals surface area (Å²) in [6, 6.07) is 12.8. The third kappa shape index (κ3) is 4.61. The molecule has 2 amide bonds. The van der Waals surface area contributed by atoms with E-state index in [0.717, 1.165) is 19.3 Å². The minimum absolute atomic E-state index is 0.167. The maximum Gasteiger partial charge on any atom is 0.411 e. The molecule has 2 aromatic carbocycles. The zero-order valence-electron chi connectivity index (χ0n) is 14.7. The molecule has 2 aromatic rings. The zero-order chi connectivity index (χ0) is 18.4. The van der Waals surface area contributed by atoms with E-state index in [4.69, 9.17) is 9.47 Å². The van der Waals surface area contributed by atoms with Gasteiger partial charge in [-0.2, -0.15) is 0 Å². The van der Waals surface area contributed by atoms with Gasteiger partial charge in [0.25, 0.3) is 5.91 Å².